The first kappa shape index (κ1) is 13.6. The molecule has 0 radical (unpaired) electrons. The van der Waals surface area contributed by atoms with Crippen molar-refractivity contribution in [3.63, 3.8) is 0 Å². The predicted octanol–water partition coefficient (Wildman–Crippen LogP) is 1.86. The van der Waals surface area contributed by atoms with Crippen LogP contribution in [0.3, 0.4) is 0 Å². The van der Waals surface area contributed by atoms with Crippen LogP contribution in [-0.4, -0.2) is 33.9 Å². The number of amides is 1. The van der Waals surface area contributed by atoms with E-state index in [4.69, 9.17) is 5.26 Å². The van der Waals surface area contributed by atoms with E-state index in [0.29, 0.717) is 23.3 Å². The van der Waals surface area contributed by atoms with Gasteiger partial charge in [-0.3, -0.25) is 4.79 Å². The van der Waals surface area contributed by atoms with Crippen molar-refractivity contribution in [1.29, 1.82) is 5.26 Å². The first-order valence-corrected chi connectivity index (χ1v) is 6.03. The van der Waals surface area contributed by atoms with Crippen molar-refractivity contribution in [2.45, 2.75) is 13.8 Å². The lowest BCUT2D eigenvalue weighted by Crippen LogP contribution is -2.35. The van der Waals surface area contributed by atoms with Crippen LogP contribution in [0.1, 0.15) is 24.3 Å². The fourth-order valence-corrected chi connectivity index (χ4v) is 1.74. The maximum absolute atomic E-state index is 12.1. The molecule has 0 unspecified atom stereocenters. The summed E-state index contributed by atoms with van der Waals surface area (Å²) in [6.45, 7) is 4.60. The summed E-state index contributed by atoms with van der Waals surface area (Å²) < 4.78 is 0.563. The summed E-state index contributed by atoms with van der Waals surface area (Å²) in [7, 11) is 0. The van der Waals surface area contributed by atoms with Crippen LogP contribution in [0.2, 0.25) is 0 Å². The first-order valence-electron chi connectivity index (χ1n) is 5.24. The summed E-state index contributed by atoms with van der Waals surface area (Å²) in [4.78, 5) is 21.5. The Kier molecular flexibility index (Phi) is 5.04. The lowest BCUT2D eigenvalue weighted by atomic mass is 10.2. The molecule has 1 atom stereocenters. The van der Waals surface area contributed by atoms with Crippen molar-refractivity contribution >= 4 is 21.8 Å². The first-order chi connectivity index (χ1) is 8.10. The topological polar surface area (TPSA) is 69.9 Å². The molecule has 0 saturated carbocycles. The second kappa shape index (κ2) is 6.30. The average Bonchev–Trinajstić information content (AvgIpc) is 2.35. The molecule has 0 aromatic carbocycles. The molecule has 0 N–H and O–H groups in total. The summed E-state index contributed by atoms with van der Waals surface area (Å²) in [5, 5.41) is 8.76. The molecule has 0 aliphatic rings. The number of halogens is 1. The Morgan fingerprint density at radius 2 is 2.41 bits per heavy atom. The standard InChI is InChI=1S/C11H13BrN4O/c1-3-16(6-8(2)4-13)11(17)10-9(12)5-14-7-15-10/h5,7-8H,3,6H2,1-2H3/t8-/m0/s1. The van der Waals surface area contributed by atoms with Gasteiger partial charge in [0, 0.05) is 19.3 Å². The van der Waals surface area contributed by atoms with E-state index < -0.39 is 0 Å². The maximum atomic E-state index is 12.1. The molecule has 0 aliphatic carbocycles. The van der Waals surface area contributed by atoms with Crippen LogP contribution >= 0.6 is 15.9 Å². The van der Waals surface area contributed by atoms with Gasteiger partial charge in [-0.05, 0) is 29.8 Å². The highest BCUT2D eigenvalue weighted by molar-refractivity contribution is 9.10. The monoisotopic (exact) mass is 296 g/mol. The minimum atomic E-state index is -0.195. The molecule has 6 heteroatoms. The van der Waals surface area contributed by atoms with Crippen molar-refractivity contribution in [3.05, 3.63) is 22.7 Å². The van der Waals surface area contributed by atoms with Crippen LogP contribution in [0.4, 0.5) is 0 Å². The largest absolute Gasteiger partial charge is 0.336 e. The van der Waals surface area contributed by atoms with Crippen LogP contribution in [0.15, 0.2) is 17.0 Å². The predicted molar refractivity (Wildman–Crippen MR) is 66.1 cm³/mol. The average molecular weight is 297 g/mol. The fraction of sp³-hybridized carbons (Fsp3) is 0.455. The number of nitrogens with zero attached hydrogens (tertiary/aromatic N) is 4. The zero-order valence-corrected chi connectivity index (χ0v) is 11.3. The summed E-state index contributed by atoms with van der Waals surface area (Å²) in [6.07, 6.45) is 2.86. The van der Waals surface area contributed by atoms with Crippen molar-refractivity contribution in [2.24, 2.45) is 5.92 Å². The van der Waals surface area contributed by atoms with Crippen LogP contribution < -0.4 is 0 Å². The summed E-state index contributed by atoms with van der Waals surface area (Å²) >= 11 is 3.24. The van der Waals surface area contributed by atoms with Gasteiger partial charge in [-0.2, -0.15) is 5.26 Å². The molecule has 17 heavy (non-hydrogen) atoms. The van der Waals surface area contributed by atoms with Gasteiger partial charge in [0.25, 0.3) is 5.91 Å². The number of aromatic nitrogens is 2. The molecule has 0 fully saturated rings. The van der Waals surface area contributed by atoms with Gasteiger partial charge in [0.05, 0.1) is 16.5 Å². The molecule has 90 valence electrons. The van der Waals surface area contributed by atoms with E-state index in [1.54, 1.807) is 11.8 Å². The van der Waals surface area contributed by atoms with Crippen molar-refractivity contribution in [1.82, 2.24) is 14.9 Å². The molecule has 0 bridgehead atoms. The Morgan fingerprint density at radius 1 is 1.71 bits per heavy atom. The van der Waals surface area contributed by atoms with E-state index >= 15 is 0 Å². The van der Waals surface area contributed by atoms with E-state index in [1.807, 2.05) is 6.92 Å². The van der Waals surface area contributed by atoms with E-state index in [2.05, 4.69) is 32.0 Å². The minimum Gasteiger partial charge on any atom is -0.336 e. The SMILES string of the molecule is CCN(C[C@@H](C)C#N)C(=O)c1ncncc1Br. The van der Waals surface area contributed by atoms with E-state index in [1.165, 1.54) is 12.5 Å². The minimum absolute atomic E-state index is 0.191. The second-order valence-corrected chi connectivity index (χ2v) is 4.45. The molecule has 5 nitrogen and oxygen atoms in total. The Hall–Kier alpha value is -1.48. The Morgan fingerprint density at radius 3 is 2.94 bits per heavy atom. The van der Waals surface area contributed by atoms with Gasteiger partial charge in [0.2, 0.25) is 0 Å². The van der Waals surface area contributed by atoms with Crippen LogP contribution in [0, 0.1) is 17.2 Å². The van der Waals surface area contributed by atoms with Gasteiger partial charge >= 0.3 is 0 Å². The van der Waals surface area contributed by atoms with E-state index in [0.717, 1.165) is 0 Å². The number of nitriles is 1. The Bertz CT molecular complexity index is 443. The number of hydrogen-bond donors (Lipinski definition) is 0. The summed E-state index contributed by atoms with van der Waals surface area (Å²) in [5.74, 6) is -0.386. The molecular formula is C11H13BrN4O. The van der Waals surface area contributed by atoms with Gasteiger partial charge in [0.15, 0.2) is 0 Å². The summed E-state index contributed by atoms with van der Waals surface area (Å²) in [5.41, 5.74) is 0.326. The number of hydrogen-bond acceptors (Lipinski definition) is 4. The van der Waals surface area contributed by atoms with E-state index in [-0.39, 0.29) is 11.8 Å². The Balaban J connectivity index is 2.88. The van der Waals surface area contributed by atoms with Gasteiger partial charge in [-0.25, -0.2) is 9.97 Å². The molecule has 0 saturated heterocycles. The second-order valence-electron chi connectivity index (χ2n) is 3.59. The zero-order valence-electron chi connectivity index (χ0n) is 9.72. The van der Waals surface area contributed by atoms with Crippen molar-refractivity contribution < 1.29 is 4.79 Å². The quantitative estimate of drug-likeness (QED) is 0.850. The molecule has 1 aromatic rings. The molecule has 1 amide bonds. The van der Waals surface area contributed by atoms with Gasteiger partial charge in [0.1, 0.15) is 12.0 Å². The third-order valence-corrected chi connectivity index (χ3v) is 2.83. The van der Waals surface area contributed by atoms with Crippen LogP contribution in [0.25, 0.3) is 0 Å². The van der Waals surface area contributed by atoms with Crippen LogP contribution in [0.5, 0.6) is 0 Å². The maximum Gasteiger partial charge on any atom is 0.273 e. The molecule has 1 heterocycles. The van der Waals surface area contributed by atoms with Gasteiger partial charge in [-0.15, -0.1) is 0 Å². The molecule has 1 rings (SSSR count). The number of carbonyl (C=O) groups excluding carboxylic acids is 1. The van der Waals surface area contributed by atoms with E-state index in [9.17, 15) is 4.79 Å². The third-order valence-electron chi connectivity index (χ3n) is 2.25. The smallest absolute Gasteiger partial charge is 0.273 e. The van der Waals surface area contributed by atoms with Crippen molar-refractivity contribution in [2.75, 3.05) is 13.1 Å². The fourth-order valence-electron chi connectivity index (χ4n) is 1.35. The highest BCUT2D eigenvalue weighted by Gasteiger charge is 2.19. The highest BCUT2D eigenvalue weighted by Crippen LogP contribution is 2.14. The lowest BCUT2D eigenvalue weighted by Gasteiger charge is -2.21. The third kappa shape index (κ3) is 3.49. The highest BCUT2D eigenvalue weighted by atomic mass is 79.9. The Labute approximate surface area is 109 Å². The van der Waals surface area contributed by atoms with Crippen LogP contribution in [-0.2, 0) is 0 Å². The molecule has 1 aromatic heterocycles. The van der Waals surface area contributed by atoms with Gasteiger partial charge in [-0.1, -0.05) is 0 Å². The zero-order chi connectivity index (χ0) is 12.8. The molecule has 0 aliphatic heterocycles. The number of carbonyl (C=O) groups is 1. The van der Waals surface area contributed by atoms with Gasteiger partial charge < -0.3 is 4.90 Å². The summed E-state index contributed by atoms with van der Waals surface area (Å²) in [6, 6.07) is 2.11. The molecule has 0 spiro atoms. The molecular weight excluding hydrogens is 284 g/mol. The normalized spacial score (nSPS) is 11.6. The van der Waals surface area contributed by atoms with Crippen molar-refractivity contribution in [3.8, 4) is 6.07 Å². The number of rotatable bonds is 4. The lowest BCUT2D eigenvalue weighted by molar-refractivity contribution is 0.0745.